The number of nitrogens with one attached hydrogen (secondary N) is 1. The Balaban J connectivity index is 1.87. The van der Waals surface area contributed by atoms with Crippen molar-refractivity contribution < 1.29 is 24.2 Å². The van der Waals surface area contributed by atoms with Gasteiger partial charge in [-0.15, -0.1) is 0 Å². The summed E-state index contributed by atoms with van der Waals surface area (Å²) in [6.07, 6.45) is -0.808. The minimum atomic E-state index is -1.58. The zero-order chi connectivity index (χ0) is 18.1. The van der Waals surface area contributed by atoms with Crippen LogP contribution in [0, 0.1) is 0 Å². The highest BCUT2D eigenvalue weighted by Gasteiger charge is 2.36. The van der Waals surface area contributed by atoms with E-state index in [1.165, 1.54) is 6.92 Å². The third-order valence-electron chi connectivity index (χ3n) is 3.57. The fourth-order valence-electron chi connectivity index (χ4n) is 2.02. The smallest absolute Gasteiger partial charge is 0.408 e. The summed E-state index contributed by atoms with van der Waals surface area (Å²) in [7, 11) is 0. The summed E-state index contributed by atoms with van der Waals surface area (Å²) in [5.74, 6) is -0.740. The molecule has 0 heterocycles. The number of esters is 1. The molecule has 1 atom stereocenters. The van der Waals surface area contributed by atoms with Gasteiger partial charge in [0.25, 0.3) is 0 Å². The van der Waals surface area contributed by atoms with Crippen LogP contribution in [0.4, 0.5) is 4.79 Å². The minimum absolute atomic E-state index is 0.0516. The molecule has 1 amide bonds. The SMILES string of the molecule is CC(CO)(NC(=O)OCc1ccccc1)C(=O)OCc1ccccc1. The van der Waals surface area contributed by atoms with Gasteiger partial charge in [0, 0.05) is 0 Å². The summed E-state index contributed by atoms with van der Waals surface area (Å²) in [6, 6.07) is 18.3. The molecule has 2 aromatic carbocycles. The Kier molecular flexibility index (Phi) is 6.54. The van der Waals surface area contributed by atoms with Crippen LogP contribution in [0.1, 0.15) is 18.1 Å². The van der Waals surface area contributed by atoms with Crippen molar-refractivity contribution in [2.24, 2.45) is 0 Å². The summed E-state index contributed by atoms with van der Waals surface area (Å²) in [5.41, 5.74) is 0.0422. The first-order valence-electron chi connectivity index (χ1n) is 7.84. The summed E-state index contributed by atoms with van der Waals surface area (Å²) in [5, 5.41) is 11.9. The first-order chi connectivity index (χ1) is 12.0. The third kappa shape index (κ3) is 5.61. The minimum Gasteiger partial charge on any atom is -0.459 e. The number of rotatable bonds is 7. The first-order valence-corrected chi connectivity index (χ1v) is 7.84. The van der Waals surface area contributed by atoms with Gasteiger partial charge >= 0.3 is 12.1 Å². The Hall–Kier alpha value is -2.86. The molecular weight excluding hydrogens is 322 g/mol. The topological polar surface area (TPSA) is 84.9 Å². The molecule has 0 fully saturated rings. The largest absolute Gasteiger partial charge is 0.459 e. The zero-order valence-corrected chi connectivity index (χ0v) is 14.0. The Labute approximate surface area is 146 Å². The predicted octanol–water partition coefficient (Wildman–Crippen LogP) is 2.41. The molecule has 6 nitrogen and oxygen atoms in total. The molecule has 1 unspecified atom stereocenters. The van der Waals surface area contributed by atoms with Crippen LogP contribution in [0.15, 0.2) is 60.7 Å². The fourth-order valence-corrected chi connectivity index (χ4v) is 2.02. The number of benzene rings is 2. The maximum atomic E-state index is 12.2. The van der Waals surface area contributed by atoms with Gasteiger partial charge in [-0.25, -0.2) is 9.59 Å². The number of hydrogen-bond acceptors (Lipinski definition) is 5. The van der Waals surface area contributed by atoms with Gasteiger partial charge in [-0.1, -0.05) is 60.7 Å². The second kappa shape index (κ2) is 8.84. The van der Waals surface area contributed by atoms with E-state index in [1.54, 1.807) is 0 Å². The van der Waals surface area contributed by atoms with E-state index in [9.17, 15) is 14.7 Å². The molecule has 6 heteroatoms. The van der Waals surface area contributed by atoms with Crippen molar-refractivity contribution in [3.63, 3.8) is 0 Å². The van der Waals surface area contributed by atoms with Crippen LogP contribution in [-0.4, -0.2) is 29.3 Å². The lowest BCUT2D eigenvalue weighted by atomic mass is 10.1. The van der Waals surface area contributed by atoms with Crippen molar-refractivity contribution in [3.8, 4) is 0 Å². The van der Waals surface area contributed by atoms with Crippen LogP contribution in [0.2, 0.25) is 0 Å². The molecule has 132 valence electrons. The van der Waals surface area contributed by atoms with E-state index in [1.807, 2.05) is 60.7 Å². The molecule has 0 saturated carbocycles. The second-order valence-corrected chi connectivity index (χ2v) is 5.74. The van der Waals surface area contributed by atoms with Gasteiger partial charge in [-0.2, -0.15) is 0 Å². The van der Waals surface area contributed by atoms with Crippen LogP contribution in [0.25, 0.3) is 0 Å². The standard InChI is InChI=1S/C19H21NO5/c1-19(14-21,17(22)24-12-15-8-4-2-5-9-15)20-18(23)25-13-16-10-6-3-7-11-16/h2-11,21H,12-14H2,1H3,(H,20,23). The summed E-state index contributed by atoms with van der Waals surface area (Å²) < 4.78 is 10.2. The molecule has 2 rings (SSSR count). The molecule has 0 aliphatic heterocycles. The Morgan fingerprint density at radius 1 is 0.920 bits per heavy atom. The van der Waals surface area contributed by atoms with Gasteiger partial charge in [-0.05, 0) is 18.1 Å². The third-order valence-corrected chi connectivity index (χ3v) is 3.57. The van der Waals surface area contributed by atoms with E-state index in [0.29, 0.717) is 0 Å². The van der Waals surface area contributed by atoms with E-state index >= 15 is 0 Å². The molecule has 2 aromatic rings. The van der Waals surface area contributed by atoms with Gasteiger partial charge in [0.05, 0.1) is 6.61 Å². The van der Waals surface area contributed by atoms with E-state index < -0.39 is 24.2 Å². The highest BCUT2D eigenvalue weighted by molar-refractivity contribution is 5.85. The van der Waals surface area contributed by atoms with E-state index in [4.69, 9.17) is 9.47 Å². The molecule has 0 bridgehead atoms. The maximum Gasteiger partial charge on any atom is 0.408 e. The normalized spacial score (nSPS) is 12.7. The lowest BCUT2D eigenvalue weighted by molar-refractivity contribution is -0.153. The number of hydrogen-bond donors (Lipinski definition) is 2. The lowest BCUT2D eigenvalue weighted by Crippen LogP contribution is -2.55. The van der Waals surface area contributed by atoms with Crippen LogP contribution in [0.3, 0.4) is 0 Å². The first kappa shape index (κ1) is 18.5. The Morgan fingerprint density at radius 2 is 1.40 bits per heavy atom. The molecule has 0 aliphatic carbocycles. The molecule has 0 aliphatic rings. The summed E-state index contributed by atoms with van der Waals surface area (Å²) in [6.45, 7) is 0.883. The van der Waals surface area contributed by atoms with Crippen molar-refractivity contribution in [1.82, 2.24) is 5.32 Å². The number of alkyl carbamates (subject to hydrolysis) is 1. The van der Waals surface area contributed by atoms with Crippen LogP contribution in [-0.2, 0) is 27.5 Å². The van der Waals surface area contributed by atoms with Gasteiger partial charge < -0.3 is 19.9 Å². The fraction of sp³-hybridized carbons (Fsp3) is 0.263. The molecule has 2 N–H and O–H groups in total. The summed E-state index contributed by atoms with van der Waals surface area (Å²) in [4.78, 5) is 24.1. The zero-order valence-electron chi connectivity index (χ0n) is 14.0. The van der Waals surface area contributed by atoms with Crippen molar-refractivity contribution in [2.45, 2.75) is 25.7 Å². The van der Waals surface area contributed by atoms with Gasteiger partial charge in [0.1, 0.15) is 13.2 Å². The van der Waals surface area contributed by atoms with Gasteiger partial charge in [0.2, 0.25) is 0 Å². The molecular formula is C19H21NO5. The Morgan fingerprint density at radius 3 is 1.88 bits per heavy atom. The van der Waals surface area contributed by atoms with Gasteiger partial charge in [0.15, 0.2) is 5.54 Å². The van der Waals surface area contributed by atoms with Crippen molar-refractivity contribution in [3.05, 3.63) is 71.8 Å². The molecule has 0 saturated heterocycles. The molecule has 0 radical (unpaired) electrons. The molecule has 0 spiro atoms. The van der Waals surface area contributed by atoms with E-state index in [-0.39, 0.29) is 13.2 Å². The molecule has 25 heavy (non-hydrogen) atoms. The Bertz CT molecular complexity index is 689. The highest BCUT2D eigenvalue weighted by Crippen LogP contribution is 2.10. The van der Waals surface area contributed by atoms with Crippen molar-refractivity contribution in [1.29, 1.82) is 0 Å². The van der Waals surface area contributed by atoms with Crippen LogP contribution in [0.5, 0.6) is 0 Å². The monoisotopic (exact) mass is 343 g/mol. The number of ether oxygens (including phenoxy) is 2. The maximum absolute atomic E-state index is 12.2. The number of amides is 1. The lowest BCUT2D eigenvalue weighted by Gasteiger charge is -2.26. The average molecular weight is 343 g/mol. The van der Waals surface area contributed by atoms with Gasteiger partial charge in [-0.3, -0.25) is 0 Å². The quantitative estimate of drug-likeness (QED) is 0.754. The van der Waals surface area contributed by atoms with Crippen molar-refractivity contribution >= 4 is 12.1 Å². The highest BCUT2D eigenvalue weighted by atomic mass is 16.6. The second-order valence-electron chi connectivity index (χ2n) is 5.74. The van der Waals surface area contributed by atoms with E-state index in [2.05, 4.69) is 5.32 Å². The predicted molar refractivity (Wildman–Crippen MR) is 91.5 cm³/mol. The molecule has 0 aromatic heterocycles. The number of aliphatic hydroxyl groups excluding tert-OH is 1. The number of carbonyl (C=O) groups is 2. The average Bonchev–Trinajstić information content (AvgIpc) is 2.66. The van der Waals surface area contributed by atoms with Crippen LogP contribution >= 0.6 is 0 Å². The van der Waals surface area contributed by atoms with E-state index in [0.717, 1.165) is 11.1 Å². The van der Waals surface area contributed by atoms with Crippen LogP contribution < -0.4 is 5.32 Å². The number of aliphatic hydroxyl groups is 1. The number of carbonyl (C=O) groups excluding carboxylic acids is 2. The summed E-state index contributed by atoms with van der Waals surface area (Å²) >= 11 is 0. The van der Waals surface area contributed by atoms with Crippen molar-refractivity contribution in [2.75, 3.05) is 6.61 Å².